The fourth-order valence-electron chi connectivity index (χ4n) is 0.631. The first kappa shape index (κ1) is 16.1. The number of terminal acetylenes is 1. The average Bonchev–Trinajstić information content (AvgIpc) is 3.09. The summed E-state index contributed by atoms with van der Waals surface area (Å²) < 4.78 is 4.71. The van der Waals surface area contributed by atoms with Crippen molar-refractivity contribution in [1.29, 1.82) is 0 Å². The zero-order valence-electron chi connectivity index (χ0n) is 9.68. The smallest absolute Gasteiger partial charge is 0.0781 e. The van der Waals surface area contributed by atoms with Gasteiger partial charge in [0.05, 0.1) is 12.7 Å². The van der Waals surface area contributed by atoms with Crippen LogP contribution in [0.5, 0.6) is 0 Å². The maximum absolute atomic E-state index is 7.00. The standard InChI is InChI=1S/C7H8.C3H6O.C2H2.CH4O/c1-7-5-3-2-4-6-7;1-3-2-4-3;2*1-2/h2-6H,1H3;3H,2H2,1H3;1-2H;2H,1H3/t;3-;;/m.0../s1. The molecule has 2 rings (SSSR count). The lowest BCUT2D eigenvalue weighted by Gasteiger charge is -1.82. The van der Waals surface area contributed by atoms with Crippen molar-refractivity contribution in [2.45, 2.75) is 20.0 Å². The van der Waals surface area contributed by atoms with Crippen molar-refractivity contribution < 1.29 is 9.84 Å². The predicted octanol–water partition coefficient (Wildman–Crippen LogP) is 2.26. The zero-order chi connectivity index (χ0) is 12.1. The van der Waals surface area contributed by atoms with E-state index in [0.717, 1.165) is 13.7 Å². The van der Waals surface area contributed by atoms with E-state index in [1.54, 1.807) is 0 Å². The third kappa shape index (κ3) is 15.5. The first-order chi connectivity index (χ1) is 7.29. The van der Waals surface area contributed by atoms with Gasteiger partial charge in [-0.3, -0.25) is 0 Å². The van der Waals surface area contributed by atoms with Crippen LogP contribution in [-0.4, -0.2) is 24.9 Å². The quantitative estimate of drug-likeness (QED) is 0.524. The molecule has 1 aliphatic heterocycles. The second-order valence-electron chi connectivity index (χ2n) is 2.80. The molecule has 0 amide bonds. The molecule has 0 spiro atoms. The summed E-state index contributed by atoms with van der Waals surface area (Å²) in [6.07, 6.45) is 8.58. The molecule has 1 aromatic rings. The Kier molecular flexibility index (Phi) is 13.7. The van der Waals surface area contributed by atoms with Crippen molar-refractivity contribution in [1.82, 2.24) is 0 Å². The third-order valence-electron chi connectivity index (χ3n) is 1.44. The summed E-state index contributed by atoms with van der Waals surface area (Å²) in [6.45, 7) is 5.12. The van der Waals surface area contributed by atoms with E-state index in [1.807, 2.05) is 18.2 Å². The molecule has 1 saturated heterocycles. The molecule has 84 valence electrons. The number of epoxide rings is 1. The van der Waals surface area contributed by atoms with Gasteiger partial charge in [-0.2, -0.15) is 0 Å². The molecule has 15 heavy (non-hydrogen) atoms. The molecule has 1 atom stereocenters. The molecule has 1 heterocycles. The minimum atomic E-state index is 0.583. The molecule has 1 aromatic carbocycles. The highest BCUT2D eigenvalue weighted by atomic mass is 16.6. The van der Waals surface area contributed by atoms with E-state index in [2.05, 4.69) is 38.8 Å². The molecule has 0 aromatic heterocycles. The number of benzene rings is 1. The van der Waals surface area contributed by atoms with Crippen LogP contribution < -0.4 is 0 Å². The minimum absolute atomic E-state index is 0.583. The third-order valence-corrected chi connectivity index (χ3v) is 1.44. The van der Waals surface area contributed by atoms with Gasteiger partial charge in [0.1, 0.15) is 0 Å². The first-order valence-corrected chi connectivity index (χ1v) is 4.70. The van der Waals surface area contributed by atoms with Gasteiger partial charge >= 0.3 is 0 Å². The minimum Gasteiger partial charge on any atom is -0.400 e. The number of aliphatic hydroxyl groups is 1. The van der Waals surface area contributed by atoms with E-state index in [4.69, 9.17) is 9.84 Å². The van der Waals surface area contributed by atoms with Gasteiger partial charge in [-0.1, -0.05) is 35.9 Å². The summed E-state index contributed by atoms with van der Waals surface area (Å²) >= 11 is 0. The summed E-state index contributed by atoms with van der Waals surface area (Å²) in [6, 6.07) is 10.3. The van der Waals surface area contributed by atoms with Crippen molar-refractivity contribution in [2.75, 3.05) is 13.7 Å². The molecular weight excluding hydrogens is 188 g/mol. The summed E-state index contributed by atoms with van der Waals surface area (Å²) in [5, 5.41) is 7.00. The lowest BCUT2D eigenvalue weighted by atomic mass is 10.2. The number of rotatable bonds is 0. The van der Waals surface area contributed by atoms with E-state index >= 15 is 0 Å². The van der Waals surface area contributed by atoms with Gasteiger partial charge in [0.25, 0.3) is 0 Å². The van der Waals surface area contributed by atoms with Crippen molar-refractivity contribution in [3.63, 3.8) is 0 Å². The van der Waals surface area contributed by atoms with Crippen molar-refractivity contribution >= 4 is 0 Å². The molecule has 0 unspecified atom stereocenters. The van der Waals surface area contributed by atoms with E-state index in [1.165, 1.54) is 5.56 Å². The SMILES string of the molecule is C#C.CO.C[C@H]1CO1.Cc1ccccc1. The van der Waals surface area contributed by atoms with E-state index in [-0.39, 0.29) is 0 Å². The van der Waals surface area contributed by atoms with Crippen LogP contribution in [0.3, 0.4) is 0 Å². The highest BCUT2D eigenvalue weighted by Gasteiger charge is 2.13. The van der Waals surface area contributed by atoms with Gasteiger partial charge < -0.3 is 9.84 Å². The molecule has 0 bridgehead atoms. The highest BCUT2D eigenvalue weighted by Crippen LogP contribution is 2.04. The number of ether oxygens (including phenoxy) is 1. The largest absolute Gasteiger partial charge is 0.400 e. The second kappa shape index (κ2) is 12.7. The summed E-state index contributed by atoms with van der Waals surface area (Å²) in [5.74, 6) is 0. The number of aryl methyl sites for hydroxylation is 1. The Hall–Kier alpha value is -1.30. The molecule has 1 N–H and O–H groups in total. The lowest BCUT2D eigenvalue weighted by Crippen LogP contribution is -1.62. The van der Waals surface area contributed by atoms with Crippen molar-refractivity contribution in [3.8, 4) is 12.8 Å². The normalized spacial score (nSPS) is 15.2. The average molecular weight is 208 g/mol. The molecule has 0 aliphatic carbocycles. The molecule has 1 fully saturated rings. The number of hydrogen-bond donors (Lipinski definition) is 1. The van der Waals surface area contributed by atoms with Crippen LogP contribution in [0.15, 0.2) is 30.3 Å². The summed E-state index contributed by atoms with van der Waals surface area (Å²) in [7, 11) is 1.00. The Balaban J connectivity index is 0. The maximum atomic E-state index is 7.00. The molecule has 0 radical (unpaired) electrons. The summed E-state index contributed by atoms with van der Waals surface area (Å²) in [5.41, 5.74) is 1.32. The highest BCUT2D eigenvalue weighted by molar-refractivity contribution is 5.11. The summed E-state index contributed by atoms with van der Waals surface area (Å²) in [4.78, 5) is 0. The van der Waals surface area contributed by atoms with Crippen LogP contribution >= 0.6 is 0 Å². The van der Waals surface area contributed by atoms with Gasteiger partial charge in [-0.25, -0.2) is 0 Å². The number of aliphatic hydroxyl groups excluding tert-OH is 1. The van der Waals surface area contributed by atoms with Crippen LogP contribution in [0.1, 0.15) is 12.5 Å². The van der Waals surface area contributed by atoms with E-state index in [9.17, 15) is 0 Å². The molecule has 2 nitrogen and oxygen atoms in total. The van der Waals surface area contributed by atoms with Gasteiger partial charge in [-0.15, -0.1) is 12.8 Å². The molecule has 1 aliphatic rings. The Morgan fingerprint density at radius 3 is 1.67 bits per heavy atom. The van der Waals surface area contributed by atoms with Gasteiger partial charge in [0, 0.05) is 7.11 Å². The van der Waals surface area contributed by atoms with Gasteiger partial charge in [0.15, 0.2) is 0 Å². The lowest BCUT2D eigenvalue weighted by molar-refractivity contribution is 0.399. The van der Waals surface area contributed by atoms with E-state index in [0.29, 0.717) is 6.10 Å². The topological polar surface area (TPSA) is 32.8 Å². The Bertz CT molecular complexity index is 225. The van der Waals surface area contributed by atoms with Crippen LogP contribution in [0, 0.1) is 19.8 Å². The van der Waals surface area contributed by atoms with Crippen LogP contribution in [0.2, 0.25) is 0 Å². The fraction of sp³-hybridized carbons (Fsp3) is 0.385. The van der Waals surface area contributed by atoms with Gasteiger partial charge in [-0.05, 0) is 13.8 Å². The van der Waals surface area contributed by atoms with Crippen LogP contribution in [-0.2, 0) is 4.74 Å². The Morgan fingerprint density at radius 1 is 1.20 bits per heavy atom. The van der Waals surface area contributed by atoms with Crippen molar-refractivity contribution in [2.24, 2.45) is 0 Å². The number of hydrogen-bond acceptors (Lipinski definition) is 2. The fourth-order valence-corrected chi connectivity index (χ4v) is 0.631. The predicted molar refractivity (Wildman–Crippen MR) is 64.6 cm³/mol. The van der Waals surface area contributed by atoms with E-state index < -0.39 is 0 Å². The van der Waals surface area contributed by atoms with Gasteiger partial charge in [0.2, 0.25) is 0 Å². The van der Waals surface area contributed by atoms with Crippen LogP contribution in [0.4, 0.5) is 0 Å². The molecule has 2 heteroatoms. The monoisotopic (exact) mass is 208 g/mol. The van der Waals surface area contributed by atoms with Crippen molar-refractivity contribution in [3.05, 3.63) is 35.9 Å². The van der Waals surface area contributed by atoms with Crippen LogP contribution in [0.25, 0.3) is 0 Å². The zero-order valence-corrected chi connectivity index (χ0v) is 9.68. The molecular formula is C13H20O2. The Labute approximate surface area is 92.9 Å². The molecule has 0 saturated carbocycles. The Morgan fingerprint density at radius 2 is 1.53 bits per heavy atom. The second-order valence-corrected chi connectivity index (χ2v) is 2.80. The first-order valence-electron chi connectivity index (χ1n) is 4.70. The maximum Gasteiger partial charge on any atom is 0.0781 e.